The van der Waals surface area contributed by atoms with E-state index in [4.69, 9.17) is 10.5 Å². The molecule has 0 aliphatic rings. The van der Waals surface area contributed by atoms with Crippen molar-refractivity contribution in [2.24, 2.45) is 5.73 Å². The van der Waals surface area contributed by atoms with Gasteiger partial charge in [0, 0.05) is 5.56 Å². The summed E-state index contributed by atoms with van der Waals surface area (Å²) >= 11 is 0. The molecule has 0 aliphatic heterocycles. The molecular formula is C11H12F5NO. The molecule has 2 N–H and O–H groups in total. The van der Waals surface area contributed by atoms with E-state index in [1.165, 1.54) is 6.07 Å². The Morgan fingerprint density at radius 3 is 2.33 bits per heavy atom. The first-order valence-electron chi connectivity index (χ1n) is 5.15. The second-order valence-electron chi connectivity index (χ2n) is 3.66. The van der Waals surface area contributed by atoms with Crippen molar-refractivity contribution >= 4 is 0 Å². The predicted octanol–water partition coefficient (Wildman–Crippen LogP) is 3.41. The van der Waals surface area contributed by atoms with Crippen LogP contribution < -0.4 is 10.5 Å². The molecule has 1 atom stereocenters. The number of ether oxygens (including phenoxy) is 1. The van der Waals surface area contributed by atoms with E-state index in [-0.39, 0.29) is 5.75 Å². The van der Waals surface area contributed by atoms with Gasteiger partial charge in [-0.05, 0) is 18.6 Å². The van der Waals surface area contributed by atoms with Crippen molar-refractivity contribution < 1.29 is 26.7 Å². The van der Waals surface area contributed by atoms with Crippen molar-refractivity contribution in [3.8, 4) is 5.75 Å². The van der Waals surface area contributed by atoms with Crippen LogP contribution in [0.15, 0.2) is 24.3 Å². The lowest BCUT2D eigenvalue weighted by Crippen LogP contribution is -2.33. The Balaban J connectivity index is 3.02. The van der Waals surface area contributed by atoms with Crippen molar-refractivity contribution in [3.05, 3.63) is 29.8 Å². The molecular weight excluding hydrogens is 257 g/mol. The number of alkyl halides is 5. The molecule has 18 heavy (non-hydrogen) atoms. The van der Waals surface area contributed by atoms with Crippen LogP contribution in [0, 0.1) is 0 Å². The van der Waals surface area contributed by atoms with Crippen molar-refractivity contribution in [3.63, 3.8) is 0 Å². The molecule has 0 fully saturated rings. The summed E-state index contributed by atoms with van der Waals surface area (Å²) in [6, 6.07) is 3.67. The first-order valence-corrected chi connectivity index (χ1v) is 5.15. The number of hydrogen-bond acceptors (Lipinski definition) is 2. The van der Waals surface area contributed by atoms with E-state index in [9.17, 15) is 22.0 Å². The number of nitrogens with two attached hydrogens (primary N) is 1. The summed E-state index contributed by atoms with van der Waals surface area (Å²) < 4.78 is 67.6. The highest BCUT2D eigenvalue weighted by Crippen LogP contribution is 2.44. The van der Waals surface area contributed by atoms with Crippen LogP contribution in [0.5, 0.6) is 5.75 Å². The normalized spacial score (nSPS) is 14.4. The molecule has 0 aliphatic carbocycles. The molecule has 102 valence electrons. The summed E-state index contributed by atoms with van der Waals surface area (Å²) in [5.74, 6) is -5.03. The van der Waals surface area contributed by atoms with Gasteiger partial charge in [-0.3, -0.25) is 5.73 Å². The zero-order chi connectivity index (χ0) is 14.0. The van der Waals surface area contributed by atoms with Gasteiger partial charge in [-0.1, -0.05) is 19.1 Å². The van der Waals surface area contributed by atoms with Crippen LogP contribution in [-0.4, -0.2) is 12.4 Å². The fourth-order valence-corrected chi connectivity index (χ4v) is 1.19. The Morgan fingerprint density at radius 2 is 1.83 bits per heavy atom. The van der Waals surface area contributed by atoms with Gasteiger partial charge in [0.2, 0.25) is 0 Å². The average molecular weight is 269 g/mol. The standard InChI is InChI=1S/C11H12F5NO/c1-2-9(17)18-8-5-3-4-7(6-8)10(12,13)11(14,15)16/h3-6,9H,2,17H2,1H3. The van der Waals surface area contributed by atoms with Crippen LogP contribution in [0.2, 0.25) is 0 Å². The van der Waals surface area contributed by atoms with Crippen LogP contribution in [0.4, 0.5) is 22.0 Å². The topological polar surface area (TPSA) is 35.2 Å². The van der Waals surface area contributed by atoms with E-state index in [2.05, 4.69) is 0 Å². The molecule has 0 aromatic heterocycles. The summed E-state index contributed by atoms with van der Waals surface area (Å²) in [5.41, 5.74) is 4.25. The highest BCUT2D eigenvalue weighted by atomic mass is 19.4. The van der Waals surface area contributed by atoms with Crippen molar-refractivity contribution in [2.45, 2.75) is 31.7 Å². The van der Waals surface area contributed by atoms with Gasteiger partial charge in [0.05, 0.1) is 0 Å². The van der Waals surface area contributed by atoms with E-state index in [0.29, 0.717) is 18.6 Å². The van der Waals surface area contributed by atoms with E-state index >= 15 is 0 Å². The minimum atomic E-state index is -5.64. The zero-order valence-electron chi connectivity index (χ0n) is 9.47. The lowest BCUT2D eigenvalue weighted by atomic mass is 10.1. The molecule has 0 radical (unpaired) electrons. The van der Waals surface area contributed by atoms with Crippen LogP contribution in [-0.2, 0) is 5.92 Å². The Bertz CT molecular complexity index is 405. The van der Waals surface area contributed by atoms with E-state index < -0.39 is 23.9 Å². The number of benzene rings is 1. The summed E-state index contributed by atoms with van der Waals surface area (Å²) in [5, 5.41) is 0. The van der Waals surface area contributed by atoms with Gasteiger partial charge in [-0.25, -0.2) is 0 Å². The van der Waals surface area contributed by atoms with Crippen molar-refractivity contribution in [1.29, 1.82) is 0 Å². The van der Waals surface area contributed by atoms with Gasteiger partial charge in [0.15, 0.2) is 0 Å². The summed E-state index contributed by atoms with van der Waals surface area (Å²) in [4.78, 5) is 0. The van der Waals surface area contributed by atoms with Gasteiger partial charge >= 0.3 is 12.1 Å². The molecule has 0 saturated carbocycles. The number of hydrogen-bond donors (Lipinski definition) is 1. The summed E-state index contributed by atoms with van der Waals surface area (Å²) in [6.45, 7) is 1.69. The molecule has 0 bridgehead atoms. The third-order valence-corrected chi connectivity index (χ3v) is 2.24. The average Bonchev–Trinajstić information content (AvgIpc) is 2.27. The largest absolute Gasteiger partial charge is 0.476 e. The summed E-state index contributed by atoms with van der Waals surface area (Å²) in [6.07, 6.45) is -5.99. The van der Waals surface area contributed by atoms with Crippen molar-refractivity contribution in [2.75, 3.05) is 0 Å². The predicted molar refractivity (Wildman–Crippen MR) is 55.3 cm³/mol. The fraction of sp³-hybridized carbons (Fsp3) is 0.455. The van der Waals surface area contributed by atoms with E-state index in [0.717, 1.165) is 6.07 Å². The highest BCUT2D eigenvalue weighted by molar-refractivity contribution is 5.32. The first kappa shape index (κ1) is 14.7. The van der Waals surface area contributed by atoms with Gasteiger partial charge in [-0.2, -0.15) is 22.0 Å². The first-order chi connectivity index (χ1) is 8.18. The third kappa shape index (κ3) is 3.10. The number of rotatable bonds is 4. The monoisotopic (exact) mass is 269 g/mol. The molecule has 7 heteroatoms. The van der Waals surface area contributed by atoms with Crippen LogP contribution in [0.1, 0.15) is 18.9 Å². The minimum absolute atomic E-state index is 0.120. The SMILES string of the molecule is CCC(N)Oc1cccc(C(F)(F)C(F)(F)F)c1. The molecule has 0 saturated heterocycles. The van der Waals surface area contributed by atoms with Gasteiger partial charge in [0.1, 0.15) is 12.0 Å². The fourth-order valence-electron chi connectivity index (χ4n) is 1.19. The maximum atomic E-state index is 13.1. The summed E-state index contributed by atoms with van der Waals surface area (Å²) in [7, 11) is 0. The lowest BCUT2D eigenvalue weighted by molar-refractivity contribution is -0.289. The Labute approximate surface area is 101 Å². The lowest BCUT2D eigenvalue weighted by Gasteiger charge is -2.21. The molecule has 0 amide bonds. The van der Waals surface area contributed by atoms with Gasteiger partial charge in [0.25, 0.3) is 0 Å². The van der Waals surface area contributed by atoms with Crippen molar-refractivity contribution in [1.82, 2.24) is 0 Å². The second-order valence-corrected chi connectivity index (χ2v) is 3.66. The van der Waals surface area contributed by atoms with Gasteiger partial charge in [-0.15, -0.1) is 0 Å². The van der Waals surface area contributed by atoms with Crippen LogP contribution in [0.3, 0.4) is 0 Å². The van der Waals surface area contributed by atoms with E-state index in [1.54, 1.807) is 6.92 Å². The molecule has 0 heterocycles. The zero-order valence-corrected chi connectivity index (χ0v) is 9.47. The maximum absolute atomic E-state index is 13.1. The van der Waals surface area contributed by atoms with Crippen LogP contribution in [0.25, 0.3) is 0 Å². The molecule has 2 nitrogen and oxygen atoms in total. The van der Waals surface area contributed by atoms with Gasteiger partial charge < -0.3 is 4.74 Å². The van der Waals surface area contributed by atoms with Crippen LogP contribution >= 0.6 is 0 Å². The Hall–Kier alpha value is -1.37. The molecule has 1 unspecified atom stereocenters. The molecule has 0 spiro atoms. The number of halogens is 5. The van der Waals surface area contributed by atoms with E-state index in [1.807, 2.05) is 0 Å². The Morgan fingerprint density at radius 1 is 1.22 bits per heavy atom. The highest BCUT2D eigenvalue weighted by Gasteiger charge is 2.58. The third-order valence-electron chi connectivity index (χ3n) is 2.24. The second kappa shape index (κ2) is 5.09. The smallest absolute Gasteiger partial charge is 0.458 e. The minimum Gasteiger partial charge on any atom is -0.476 e. The maximum Gasteiger partial charge on any atom is 0.458 e. The Kier molecular flexibility index (Phi) is 4.16. The molecule has 1 rings (SSSR count). The molecule has 1 aromatic rings. The quantitative estimate of drug-likeness (QED) is 0.671. The molecule has 1 aromatic carbocycles.